The second kappa shape index (κ2) is 6.39. The van der Waals surface area contributed by atoms with Crippen molar-refractivity contribution in [3.63, 3.8) is 0 Å². The van der Waals surface area contributed by atoms with Crippen LogP contribution in [0.15, 0.2) is 61.1 Å². The molecule has 5 nitrogen and oxygen atoms in total. The van der Waals surface area contributed by atoms with E-state index in [1.165, 1.54) is 12.4 Å². The number of benzene rings is 1. The van der Waals surface area contributed by atoms with E-state index in [0.717, 1.165) is 10.6 Å². The van der Waals surface area contributed by atoms with Gasteiger partial charge in [-0.3, -0.25) is 4.98 Å². The predicted octanol–water partition coefficient (Wildman–Crippen LogP) is 4.49. The van der Waals surface area contributed by atoms with Gasteiger partial charge < -0.3 is 4.74 Å². The molecule has 0 atom stereocenters. The highest BCUT2D eigenvalue weighted by molar-refractivity contribution is 5.79. The Hall–Kier alpha value is -3.42. The van der Waals surface area contributed by atoms with Crippen molar-refractivity contribution in [1.29, 1.82) is 0 Å². The van der Waals surface area contributed by atoms with Crippen LogP contribution in [0.4, 0.5) is 13.2 Å². The standard InChI is InChI=1S/C19H13F3N4O/c1-27-14-6-4-12(5-7-14)15-11-24-26-17(19(20,21)22)9-16(25-18(15)26)13-3-2-8-23-10-13/h2-11H,1H3. The Balaban J connectivity index is 1.97. The maximum absolute atomic E-state index is 13.6. The van der Waals surface area contributed by atoms with Crippen molar-refractivity contribution in [3.8, 4) is 28.1 Å². The molecule has 0 N–H and O–H groups in total. The average Bonchev–Trinajstić information content (AvgIpc) is 3.11. The summed E-state index contributed by atoms with van der Waals surface area (Å²) in [6, 6.07) is 11.3. The lowest BCUT2D eigenvalue weighted by molar-refractivity contribution is -0.142. The van der Waals surface area contributed by atoms with Crippen LogP contribution in [0.3, 0.4) is 0 Å². The molecule has 0 saturated carbocycles. The van der Waals surface area contributed by atoms with E-state index in [1.807, 2.05) is 0 Å². The van der Waals surface area contributed by atoms with Gasteiger partial charge in [0, 0.05) is 23.5 Å². The maximum Gasteiger partial charge on any atom is 0.433 e. The van der Waals surface area contributed by atoms with Crippen molar-refractivity contribution in [2.24, 2.45) is 0 Å². The molecule has 4 aromatic rings. The van der Waals surface area contributed by atoms with Crippen molar-refractivity contribution >= 4 is 5.65 Å². The molecule has 8 heteroatoms. The van der Waals surface area contributed by atoms with E-state index in [9.17, 15) is 13.2 Å². The Morgan fingerprint density at radius 1 is 1.00 bits per heavy atom. The van der Waals surface area contributed by atoms with Crippen LogP contribution in [0, 0.1) is 0 Å². The molecule has 3 heterocycles. The van der Waals surface area contributed by atoms with Gasteiger partial charge in [0.1, 0.15) is 5.75 Å². The number of aromatic nitrogens is 4. The lowest BCUT2D eigenvalue weighted by Gasteiger charge is -2.11. The van der Waals surface area contributed by atoms with Crippen molar-refractivity contribution in [1.82, 2.24) is 19.6 Å². The minimum Gasteiger partial charge on any atom is -0.497 e. The minimum atomic E-state index is -4.58. The summed E-state index contributed by atoms with van der Waals surface area (Å²) in [7, 11) is 1.54. The second-order valence-electron chi connectivity index (χ2n) is 5.79. The molecular formula is C19H13F3N4O. The number of pyridine rings is 1. The first-order valence-corrected chi connectivity index (χ1v) is 7.98. The van der Waals surface area contributed by atoms with Gasteiger partial charge in [-0.1, -0.05) is 12.1 Å². The van der Waals surface area contributed by atoms with Crippen molar-refractivity contribution in [3.05, 3.63) is 66.7 Å². The summed E-state index contributed by atoms with van der Waals surface area (Å²) in [4.78, 5) is 8.39. The predicted molar refractivity (Wildman–Crippen MR) is 93.2 cm³/mol. The van der Waals surface area contributed by atoms with Crippen LogP contribution in [0.2, 0.25) is 0 Å². The lowest BCUT2D eigenvalue weighted by Crippen LogP contribution is -2.13. The van der Waals surface area contributed by atoms with E-state index in [0.29, 0.717) is 22.4 Å². The number of rotatable bonds is 3. The molecule has 0 aliphatic carbocycles. The Morgan fingerprint density at radius 3 is 2.41 bits per heavy atom. The van der Waals surface area contributed by atoms with Crippen molar-refractivity contribution in [2.45, 2.75) is 6.18 Å². The molecule has 0 amide bonds. The van der Waals surface area contributed by atoms with Crippen LogP contribution in [-0.2, 0) is 6.18 Å². The zero-order valence-corrected chi connectivity index (χ0v) is 14.1. The number of halogens is 3. The number of hydrogen-bond donors (Lipinski definition) is 0. The molecule has 0 unspecified atom stereocenters. The van der Waals surface area contributed by atoms with Gasteiger partial charge in [-0.15, -0.1) is 0 Å². The van der Waals surface area contributed by atoms with E-state index in [4.69, 9.17) is 4.74 Å². The molecule has 1 aromatic carbocycles. The van der Waals surface area contributed by atoms with Crippen LogP contribution in [0.25, 0.3) is 28.0 Å². The van der Waals surface area contributed by atoms with Crippen LogP contribution >= 0.6 is 0 Å². The Labute approximate surface area is 152 Å². The first kappa shape index (κ1) is 17.0. The van der Waals surface area contributed by atoms with E-state index in [-0.39, 0.29) is 11.3 Å². The fraction of sp³-hybridized carbons (Fsp3) is 0.105. The lowest BCUT2D eigenvalue weighted by atomic mass is 10.1. The highest BCUT2D eigenvalue weighted by Crippen LogP contribution is 2.34. The van der Waals surface area contributed by atoms with Crippen LogP contribution in [-0.4, -0.2) is 26.7 Å². The summed E-state index contributed by atoms with van der Waals surface area (Å²) in [6.07, 6.45) is -0.176. The molecule has 0 fully saturated rings. The highest BCUT2D eigenvalue weighted by Gasteiger charge is 2.35. The summed E-state index contributed by atoms with van der Waals surface area (Å²) in [6.45, 7) is 0. The van der Waals surface area contributed by atoms with Crippen molar-refractivity contribution in [2.75, 3.05) is 7.11 Å². The van der Waals surface area contributed by atoms with Crippen LogP contribution in [0.5, 0.6) is 5.75 Å². The Morgan fingerprint density at radius 2 is 1.78 bits per heavy atom. The fourth-order valence-electron chi connectivity index (χ4n) is 2.80. The van der Waals surface area contributed by atoms with Gasteiger partial charge in [0.05, 0.1) is 19.0 Å². The second-order valence-corrected chi connectivity index (χ2v) is 5.79. The summed E-state index contributed by atoms with van der Waals surface area (Å²) in [5, 5.41) is 3.93. The molecule has 136 valence electrons. The molecule has 0 spiro atoms. The van der Waals surface area contributed by atoms with Crippen molar-refractivity contribution < 1.29 is 17.9 Å². The number of ether oxygens (including phenoxy) is 1. The highest BCUT2D eigenvalue weighted by atomic mass is 19.4. The quantitative estimate of drug-likeness (QED) is 0.533. The number of nitrogens with zero attached hydrogens (tertiary/aromatic N) is 4. The summed E-state index contributed by atoms with van der Waals surface area (Å²) in [5.41, 5.74) is 1.08. The van der Waals surface area contributed by atoms with Gasteiger partial charge in [-0.25, -0.2) is 9.50 Å². The molecule has 0 radical (unpaired) electrons. The SMILES string of the molecule is COc1ccc(-c2cnn3c(C(F)(F)F)cc(-c4cccnc4)nc23)cc1. The number of fused-ring (bicyclic) bond motifs is 1. The topological polar surface area (TPSA) is 52.3 Å². The van der Waals surface area contributed by atoms with E-state index >= 15 is 0 Å². The van der Waals surface area contributed by atoms with Gasteiger partial charge >= 0.3 is 6.18 Å². The van der Waals surface area contributed by atoms with Gasteiger partial charge in [0.15, 0.2) is 11.3 Å². The summed E-state index contributed by atoms with van der Waals surface area (Å²) < 4.78 is 46.8. The molecule has 0 bridgehead atoms. The van der Waals surface area contributed by atoms with E-state index in [1.54, 1.807) is 49.7 Å². The average molecular weight is 370 g/mol. The first-order chi connectivity index (χ1) is 13.0. The Bertz CT molecular complexity index is 1090. The van der Waals surface area contributed by atoms with Gasteiger partial charge in [0.25, 0.3) is 0 Å². The van der Waals surface area contributed by atoms with Crippen LogP contribution in [0.1, 0.15) is 5.69 Å². The third-order valence-electron chi connectivity index (χ3n) is 4.12. The van der Waals surface area contributed by atoms with Gasteiger partial charge in [-0.05, 0) is 35.9 Å². The first-order valence-electron chi connectivity index (χ1n) is 7.98. The van der Waals surface area contributed by atoms with Gasteiger partial charge in [-0.2, -0.15) is 18.3 Å². The fourth-order valence-corrected chi connectivity index (χ4v) is 2.80. The maximum atomic E-state index is 13.6. The smallest absolute Gasteiger partial charge is 0.433 e. The molecule has 3 aromatic heterocycles. The molecule has 0 aliphatic rings. The normalized spacial score (nSPS) is 11.7. The number of alkyl halides is 3. The van der Waals surface area contributed by atoms with E-state index in [2.05, 4.69) is 15.1 Å². The molecule has 27 heavy (non-hydrogen) atoms. The third-order valence-corrected chi connectivity index (χ3v) is 4.12. The zero-order chi connectivity index (χ0) is 19.0. The number of hydrogen-bond acceptors (Lipinski definition) is 4. The third kappa shape index (κ3) is 3.10. The molecule has 0 aliphatic heterocycles. The summed E-state index contributed by atoms with van der Waals surface area (Å²) in [5.74, 6) is 0.648. The minimum absolute atomic E-state index is 0.119. The van der Waals surface area contributed by atoms with Crippen LogP contribution < -0.4 is 4.74 Å². The largest absolute Gasteiger partial charge is 0.497 e. The molecular weight excluding hydrogens is 357 g/mol. The van der Waals surface area contributed by atoms with Gasteiger partial charge in [0.2, 0.25) is 0 Å². The van der Waals surface area contributed by atoms with E-state index < -0.39 is 11.9 Å². The Kier molecular flexibility index (Phi) is 4.02. The number of methoxy groups -OCH3 is 1. The monoisotopic (exact) mass is 370 g/mol. The molecule has 4 rings (SSSR count). The molecule has 0 saturated heterocycles. The zero-order valence-electron chi connectivity index (χ0n) is 14.1. The summed E-state index contributed by atoms with van der Waals surface area (Å²) >= 11 is 0.